The van der Waals surface area contributed by atoms with Crippen LogP contribution in [0.5, 0.6) is 0 Å². The Bertz CT molecular complexity index is 821. The average molecular weight is 278 g/mol. The number of hydrogen-bond acceptors (Lipinski definition) is 1. The molecule has 0 unspecified atom stereocenters. The van der Waals surface area contributed by atoms with Gasteiger partial charge in [0, 0.05) is 12.6 Å². The van der Waals surface area contributed by atoms with Gasteiger partial charge in [-0.15, -0.1) is 0 Å². The molecule has 0 saturated carbocycles. The van der Waals surface area contributed by atoms with Crippen LogP contribution in [0.2, 0.25) is 0 Å². The highest BCUT2D eigenvalue weighted by Crippen LogP contribution is 2.28. The summed E-state index contributed by atoms with van der Waals surface area (Å²) in [5.74, 6) is 0. The van der Waals surface area contributed by atoms with E-state index in [1.807, 2.05) is 43.3 Å². The van der Waals surface area contributed by atoms with Gasteiger partial charge in [-0.05, 0) is 19.4 Å². The maximum Gasteiger partial charge on any atom is 0.274 e. The summed E-state index contributed by atoms with van der Waals surface area (Å²) >= 11 is 0. The molecule has 2 aromatic carbocycles. The molecule has 3 aromatic rings. The standard InChI is InChI=1S/C18H18N2O/c1-12-4-8-14(9-5-12)16-17(19-20(3)18(16)21)15-10-6-13(2)7-11-15/h4-11,19H,1-3H3. The van der Waals surface area contributed by atoms with Gasteiger partial charge in [-0.3, -0.25) is 14.6 Å². The van der Waals surface area contributed by atoms with Crippen LogP contribution in [-0.2, 0) is 7.05 Å². The Morgan fingerprint density at radius 1 is 0.810 bits per heavy atom. The minimum Gasteiger partial charge on any atom is -0.295 e. The minimum atomic E-state index is -0.00516. The van der Waals surface area contributed by atoms with Gasteiger partial charge >= 0.3 is 0 Å². The summed E-state index contributed by atoms with van der Waals surface area (Å²) < 4.78 is 1.53. The van der Waals surface area contributed by atoms with Crippen molar-refractivity contribution in [3.63, 3.8) is 0 Å². The summed E-state index contributed by atoms with van der Waals surface area (Å²) in [6, 6.07) is 16.2. The van der Waals surface area contributed by atoms with E-state index < -0.39 is 0 Å². The van der Waals surface area contributed by atoms with Crippen molar-refractivity contribution in [1.82, 2.24) is 9.78 Å². The molecule has 3 heteroatoms. The van der Waals surface area contributed by atoms with Crippen molar-refractivity contribution < 1.29 is 0 Å². The molecule has 3 nitrogen and oxygen atoms in total. The van der Waals surface area contributed by atoms with Crippen molar-refractivity contribution in [2.45, 2.75) is 13.8 Å². The first-order chi connectivity index (χ1) is 10.1. The monoisotopic (exact) mass is 278 g/mol. The van der Waals surface area contributed by atoms with Gasteiger partial charge in [0.05, 0.1) is 11.3 Å². The van der Waals surface area contributed by atoms with Gasteiger partial charge in [0.1, 0.15) is 0 Å². The fraction of sp³-hybridized carbons (Fsp3) is 0.167. The van der Waals surface area contributed by atoms with E-state index in [1.165, 1.54) is 15.8 Å². The zero-order valence-electron chi connectivity index (χ0n) is 12.5. The summed E-state index contributed by atoms with van der Waals surface area (Å²) in [5.41, 5.74) is 5.94. The average Bonchev–Trinajstić information content (AvgIpc) is 2.77. The van der Waals surface area contributed by atoms with Gasteiger partial charge in [-0.2, -0.15) is 0 Å². The highest BCUT2D eigenvalue weighted by molar-refractivity contribution is 5.80. The lowest BCUT2D eigenvalue weighted by Crippen LogP contribution is -2.13. The highest BCUT2D eigenvalue weighted by Gasteiger charge is 2.15. The van der Waals surface area contributed by atoms with Crippen LogP contribution in [-0.4, -0.2) is 9.78 Å². The molecule has 1 N–H and O–H groups in total. The molecule has 1 heterocycles. The number of benzene rings is 2. The molecule has 1 aromatic heterocycles. The number of aryl methyl sites for hydroxylation is 3. The number of aromatic amines is 1. The predicted octanol–water partition coefficient (Wildman–Crippen LogP) is 3.66. The third-order valence-electron chi connectivity index (χ3n) is 3.73. The molecule has 0 spiro atoms. The summed E-state index contributed by atoms with van der Waals surface area (Å²) in [7, 11) is 1.75. The molecule has 0 aliphatic heterocycles. The number of hydrogen-bond donors (Lipinski definition) is 1. The van der Waals surface area contributed by atoms with E-state index in [1.54, 1.807) is 7.05 Å². The second-order valence-corrected chi connectivity index (χ2v) is 5.46. The maximum atomic E-state index is 12.4. The van der Waals surface area contributed by atoms with Gasteiger partial charge in [-0.25, -0.2) is 0 Å². The van der Waals surface area contributed by atoms with E-state index in [4.69, 9.17) is 0 Å². The number of rotatable bonds is 2. The first kappa shape index (κ1) is 13.4. The first-order valence-electron chi connectivity index (χ1n) is 6.99. The minimum absolute atomic E-state index is 0.00516. The zero-order valence-corrected chi connectivity index (χ0v) is 12.5. The van der Waals surface area contributed by atoms with E-state index in [0.717, 1.165) is 22.4 Å². The van der Waals surface area contributed by atoms with Crippen molar-refractivity contribution in [3.05, 3.63) is 70.0 Å². The fourth-order valence-electron chi connectivity index (χ4n) is 2.47. The summed E-state index contributed by atoms with van der Waals surface area (Å²) in [4.78, 5) is 12.4. The van der Waals surface area contributed by atoms with E-state index in [9.17, 15) is 4.79 Å². The normalized spacial score (nSPS) is 10.8. The van der Waals surface area contributed by atoms with Crippen LogP contribution in [0.25, 0.3) is 22.4 Å². The van der Waals surface area contributed by atoms with E-state index in [-0.39, 0.29) is 5.56 Å². The van der Waals surface area contributed by atoms with Crippen molar-refractivity contribution in [2.75, 3.05) is 0 Å². The third-order valence-corrected chi connectivity index (χ3v) is 3.73. The first-order valence-corrected chi connectivity index (χ1v) is 6.99. The molecule has 0 aliphatic carbocycles. The Kier molecular flexibility index (Phi) is 3.26. The Hall–Kier alpha value is -2.55. The fourth-order valence-corrected chi connectivity index (χ4v) is 2.47. The van der Waals surface area contributed by atoms with Gasteiger partial charge < -0.3 is 0 Å². The SMILES string of the molecule is Cc1ccc(-c2[nH]n(C)c(=O)c2-c2ccc(C)cc2)cc1. The molecule has 0 saturated heterocycles. The largest absolute Gasteiger partial charge is 0.295 e. The van der Waals surface area contributed by atoms with Crippen LogP contribution in [0.15, 0.2) is 53.3 Å². The molecule has 0 aliphatic rings. The van der Waals surface area contributed by atoms with Gasteiger partial charge in [0.25, 0.3) is 5.56 Å². The van der Waals surface area contributed by atoms with Crippen LogP contribution in [0.4, 0.5) is 0 Å². The molecular weight excluding hydrogens is 260 g/mol. The third kappa shape index (κ3) is 2.42. The van der Waals surface area contributed by atoms with E-state index in [2.05, 4.69) is 24.2 Å². The number of nitrogens with zero attached hydrogens (tertiary/aromatic N) is 1. The molecule has 0 atom stereocenters. The summed E-state index contributed by atoms with van der Waals surface area (Å²) in [6.45, 7) is 4.10. The number of H-pyrrole nitrogens is 1. The summed E-state index contributed by atoms with van der Waals surface area (Å²) in [6.07, 6.45) is 0. The van der Waals surface area contributed by atoms with Crippen LogP contribution in [0, 0.1) is 13.8 Å². The zero-order chi connectivity index (χ0) is 15.0. The molecular formula is C18H18N2O. The van der Waals surface area contributed by atoms with E-state index >= 15 is 0 Å². The maximum absolute atomic E-state index is 12.4. The lowest BCUT2D eigenvalue weighted by Gasteiger charge is -2.04. The Morgan fingerprint density at radius 3 is 1.81 bits per heavy atom. The van der Waals surface area contributed by atoms with Gasteiger partial charge in [0.15, 0.2) is 0 Å². The lowest BCUT2D eigenvalue weighted by molar-refractivity contribution is 0.743. The molecule has 106 valence electrons. The van der Waals surface area contributed by atoms with Crippen LogP contribution < -0.4 is 5.56 Å². The number of aromatic nitrogens is 2. The van der Waals surface area contributed by atoms with Gasteiger partial charge in [-0.1, -0.05) is 59.7 Å². The quantitative estimate of drug-likeness (QED) is 0.763. The van der Waals surface area contributed by atoms with Crippen LogP contribution in [0.3, 0.4) is 0 Å². The molecule has 0 amide bonds. The summed E-state index contributed by atoms with van der Waals surface area (Å²) in [5, 5.41) is 3.17. The van der Waals surface area contributed by atoms with Crippen LogP contribution >= 0.6 is 0 Å². The lowest BCUT2D eigenvalue weighted by atomic mass is 10.00. The van der Waals surface area contributed by atoms with Crippen molar-refractivity contribution in [2.24, 2.45) is 7.05 Å². The molecule has 0 bridgehead atoms. The van der Waals surface area contributed by atoms with Crippen molar-refractivity contribution >= 4 is 0 Å². The highest BCUT2D eigenvalue weighted by atomic mass is 16.1. The Balaban J connectivity index is 2.22. The predicted molar refractivity (Wildman–Crippen MR) is 86.4 cm³/mol. The Morgan fingerprint density at radius 2 is 1.29 bits per heavy atom. The Labute approximate surface area is 123 Å². The number of nitrogens with one attached hydrogen (secondary N) is 1. The smallest absolute Gasteiger partial charge is 0.274 e. The van der Waals surface area contributed by atoms with Crippen LogP contribution in [0.1, 0.15) is 11.1 Å². The van der Waals surface area contributed by atoms with E-state index in [0.29, 0.717) is 0 Å². The second-order valence-electron chi connectivity index (χ2n) is 5.46. The second kappa shape index (κ2) is 5.09. The van der Waals surface area contributed by atoms with Gasteiger partial charge in [0.2, 0.25) is 0 Å². The molecule has 0 fully saturated rings. The molecule has 21 heavy (non-hydrogen) atoms. The molecule has 3 rings (SSSR count). The van der Waals surface area contributed by atoms with Crippen molar-refractivity contribution in [3.8, 4) is 22.4 Å². The van der Waals surface area contributed by atoms with Crippen molar-refractivity contribution in [1.29, 1.82) is 0 Å². The molecule has 0 radical (unpaired) electrons. The topological polar surface area (TPSA) is 37.8 Å².